The molecular formula is C27H24FN7O. The average Bonchev–Trinajstić information content (AvgIpc) is 2.84. The van der Waals surface area contributed by atoms with E-state index in [0.29, 0.717) is 28.1 Å². The smallest absolute Gasteiger partial charge is 0.175 e. The number of anilines is 1. The van der Waals surface area contributed by atoms with E-state index in [1.54, 1.807) is 31.2 Å². The summed E-state index contributed by atoms with van der Waals surface area (Å²) >= 11 is 0. The Morgan fingerprint density at radius 1 is 1.08 bits per heavy atom. The Morgan fingerprint density at radius 2 is 1.78 bits per heavy atom. The van der Waals surface area contributed by atoms with E-state index in [2.05, 4.69) is 26.0 Å². The number of nitrogen functional groups attached to an aromatic ring is 1. The van der Waals surface area contributed by atoms with Crippen molar-refractivity contribution in [2.24, 2.45) is 4.99 Å². The van der Waals surface area contributed by atoms with Crippen LogP contribution in [-0.2, 0) is 0 Å². The number of benzene rings is 2. The van der Waals surface area contributed by atoms with Crippen LogP contribution >= 0.6 is 0 Å². The predicted molar refractivity (Wildman–Crippen MR) is 135 cm³/mol. The van der Waals surface area contributed by atoms with E-state index in [9.17, 15) is 14.8 Å². The lowest BCUT2D eigenvalue weighted by atomic mass is 10.0. The number of nitriles is 1. The highest BCUT2D eigenvalue weighted by Gasteiger charge is 2.20. The molecule has 0 bridgehead atoms. The van der Waals surface area contributed by atoms with Crippen LogP contribution in [0, 0.1) is 43.3 Å². The van der Waals surface area contributed by atoms with Gasteiger partial charge in [-0.2, -0.15) is 5.26 Å². The van der Waals surface area contributed by atoms with Gasteiger partial charge in [-0.25, -0.2) is 14.4 Å². The van der Waals surface area contributed by atoms with Crippen LogP contribution in [-0.4, -0.2) is 25.9 Å². The van der Waals surface area contributed by atoms with Gasteiger partial charge in [0.2, 0.25) is 0 Å². The molecule has 9 heteroatoms. The summed E-state index contributed by atoms with van der Waals surface area (Å²) in [5.74, 6) is -1.16. The molecule has 8 nitrogen and oxygen atoms in total. The van der Waals surface area contributed by atoms with Crippen molar-refractivity contribution >= 4 is 11.7 Å². The van der Waals surface area contributed by atoms with Crippen molar-refractivity contribution in [3.63, 3.8) is 0 Å². The molecule has 1 unspecified atom stereocenters. The lowest BCUT2D eigenvalue weighted by molar-refractivity contribution is 0.238. The molecule has 2 aromatic carbocycles. The largest absolute Gasteiger partial charge is 0.381 e. The van der Waals surface area contributed by atoms with Crippen LogP contribution < -0.4 is 11.2 Å². The predicted octanol–water partition coefficient (Wildman–Crippen LogP) is 4.27. The van der Waals surface area contributed by atoms with Crippen molar-refractivity contribution in [2.75, 3.05) is 5.73 Å². The molecule has 0 aliphatic heterocycles. The number of nitrogens with two attached hydrogens (primary N) is 1. The summed E-state index contributed by atoms with van der Waals surface area (Å²) in [5.41, 5.74) is 11.2. The zero-order valence-electron chi connectivity index (χ0n) is 20.0. The third kappa shape index (κ3) is 4.89. The molecular weight excluding hydrogens is 457 g/mol. The summed E-state index contributed by atoms with van der Waals surface area (Å²) in [7, 11) is 0. The number of amidine groups is 1. The number of pyridine rings is 1. The summed E-state index contributed by atoms with van der Waals surface area (Å²) < 4.78 is 14.4. The van der Waals surface area contributed by atoms with Gasteiger partial charge in [-0.05, 0) is 56.7 Å². The molecule has 4 rings (SSSR count). The summed E-state index contributed by atoms with van der Waals surface area (Å²) in [4.78, 5) is 16.3. The van der Waals surface area contributed by atoms with Crippen molar-refractivity contribution in [3.8, 4) is 28.6 Å². The molecule has 0 aliphatic carbocycles. The third-order valence-electron chi connectivity index (χ3n) is 5.63. The first-order valence-electron chi connectivity index (χ1n) is 11.1. The first-order chi connectivity index (χ1) is 17.2. The first kappa shape index (κ1) is 24.4. The molecule has 0 fully saturated rings. The standard InChI is InChI=1S/C27H24FN7O/c1-14-6-4-9-20(28)21(14)24(36)25(30)35-27-26(31)33-22(18-8-5-7-17(12-18)13-29)23(34-27)19-10-15(2)32-16(3)11-19/h4-12,24,36H,1-3H3,(H2,31,33)(H2,30,34,35). The highest BCUT2D eigenvalue weighted by molar-refractivity contribution is 5.86. The fraction of sp³-hybridized carbons (Fsp3) is 0.148. The van der Waals surface area contributed by atoms with E-state index in [1.165, 1.54) is 12.1 Å². The lowest BCUT2D eigenvalue weighted by Gasteiger charge is -2.14. The van der Waals surface area contributed by atoms with Gasteiger partial charge in [0.15, 0.2) is 17.1 Å². The van der Waals surface area contributed by atoms with E-state index < -0.39 is 17.8 Å². The fourth-order valence-electron chi connectivity index (χ4n) is 4.00. The zero-order valence-corrected chi connectivity index (χ0v) is 20.0. The molecule has 0 radical (unpaired) electrons. The average molecular weight is 482 g/mol. The second kappa shape index (κ2) is 9.90. The number of nitrogens with one attached hydrogen (secondary N) is 2. The summed E-state index contributed by atoms with van der Waals surface area (Å²) in [5, 5.41) is 28.4. The molecule has 2 aromatic heterocycles. The van der Waals surface area contributed by atoms with Gasteiger partial charge < -0.3 is 15.8 Å². The first-order valence-corrected chi connectivity index (χ1v) is 11.1. The van der Waals surface area contributed by atoms with E-state index in [-0.39, 0.29) is 16.9 Å². The maximum Gasteiger partial charge on any atom is 0.175 e. The molecule has 0 saturated carbocycles. The monoisotopic (exact) mass is 481 g/mol. The SMILES string of the molecule is Cc1cc(-c2[nH]/c(=N\C(=N)C(O)c3c(C)cccc3F)c(N)nc2-c2cccc(C#N)c2)cc(C)n1. The van der Waals surface area contributed by atoms with Gasteiger partial charge >= 0.3 is 0 Å². The van der Waals surface area contributed by atoms with Crippen LogP contribution in [0.5, 0.6) is 0 Å². The molecule has 1 atom stereocenters. The highest BCUT2D eigenvalue weighted by Crippen LogP contribution is 2.30. The summed E-state index contributed by atoms with van der Waals surface area (Å²) in [6.07, 6.45) is -1.60. The van der Waals surface area contributed by atoms with Crippen molar-refractivity contribution in [1.29, 1.82) is 10.7 Å². The topological polar surface area (TPSA) is 148 Å². The van der Waals surface area contributed by atoms with E-state index in [0.717, 1.165) is 17.0 Å². The fourth-order valence-corrected chi connectivity index (χ4v) is 4.00. The Kier molecular flexibility index (Phi) is 6.72. The quantitative estimate of drug-likeness (QED) is 0.254. The third-order valence-corrected chi connectivity index (χ3v) is 5.63. The minimum absolute atomic E-state index is 0.0247. The number of nitrogens with zero attached hydrogens (tertiary/aromatic N) is 4. The number of aromatic amines is 1. The number of aliphatic hydroxyl groups is 1. The summed E-state index contributed by atoms with van der Waals surface area (Å²) in [6, 6.07) is 17.2. The molecule has 0 saturated heterocycles. The molecule has 4 aromatic rings. The molecule has 0 spiro atoms. The maximum absolute atomic E-state index is 14.4. The van der Waals surface area contributed by atoms with Gasteiger partial charge in [-0.15, -0.1) is 0 Å². The van der Waals surface area contributed by atoms with E-state index in [4.69, 9.17) is 11.1 Å². The number of hydrogen-bond donors (Lipinski definition) is 4. The van der Waals surface area contributed by atoms with Crippen LogP contribution in [0.2, 0.25) is 0 Å². The number of aliphatic hydroxyl groups excluding tert-OH is 1. The normalized spacial score (nSPS) is 12.3. The van der Waals surface area contributed by atoms with Crippen molar-refractivity contribution in [3.05, 3.63) is 94.0 Å². The number of halogens is 1. The molecule has 2 heterocycles. The van der Waals surface area contributed by atoms with Gasteiger partial charge in [0.05, 0.1) is 23.0 Å². The highest BCUT2D eigenvalue weighted by atomic mass is 19.1. The lowest BCUT2D eigenvalue weighted by Crippen LogP contribution is -2.22. The molecule has 0 amide bonds. The molecule has 0 aliphatic rings. The van der Waals surface area contributed by atoms with Crippen LogP contribution in [0.15, 0.2) is 59.6 Å². The van der Waals surface area contributed by atoms with Crippen molar-refractivity contribution < 1.29 is 9.50 Å². The number of aromatic nitrogens is 3. The Balaban J connectivity index is 1.92. The minimum Gasteiger partial charge on any atom is -0.381 e. The molecule has 180 valence electrons. The van der Waals surface area contributed by atoms with Gasteiger partial charge in [0, 0.05) is 28.1 Å². The number of hydrogen-bond acceptors (Lipinski definition) is 6. The van der Waals surface area contributed by atoms with Crippen LogP contribution in [0.1, 0.15) is 34.2 Å². The van der Waals surface area contributed by atoms with Gasteiger partial charge in [0.1, 0.15) is 11.9 Å². The number of H-pyrrole nitrogens is 1. The van der Waals surface area contributed by atoms with Gasteiger partial charge in [-0.3, -0.25) is 10.4 Å². The maximum atomic E-state index is 14.4. The molecule has 5 N–H and O–H groups in total. The van der Waals surface area contributed by atoms with Crippen LogP contribution in [0.4, 0.5) is 10.2 Å². The van der Waals surface area contributed by atoms with Gasteiger partial charge in [0.25, 0.3) is 0 Å². The second-order valence-corrected chi connectivity index (χ2v) is 8.40. The Hall–Kier alpha value is -4.68. The molecule has 36 heavy (non-hydrogen) atoms. The number of rotatable bonds is 4. The van der Waals surface area contributed by atoms with E-state index in [1.807, 2.05) is 32.0 Å². The Labute approximate surface area is 207 Å². The van der Waals surface area contributed by atoms with Crippen molar-refractivity contribution in [2.45, 2.75) is 26.9 Å². The zero-order chi connectivity index (χ0) is 26.0. The Morgan fingerprint density at radius 3 is 2.44 bits per heavy atom. The van der Waals surface area contributed by atoms with Crippen molar-refractivity contribution in [1.82, 2.24) is 15.0 Å². The second-order valence-electron chi connectivity index (χ2n) is 8.40. The minimum atomic E-state index is -1.60. The number of aryl methyl sites for hydroxylation is 3. The van der Waals surface area contributed by atoms with Gasteiger partial charge in [-0.1, -0.05) is 24.3 Å². The van der Waals surface area contributed by atoms with Crippen LogP contribution in [0.3, 0.4) is 0 Å². The van der Waals surface area contributed by atoms with Crippen LogP contribution in [0.25, 0.3) is 22.5 Å². The van der Waals surface area contributed by atoms with E-state index >= 15 is 0 Å². The summed E-state index contributed by atoms with van der Waals surface area (Å²) in [6.45, 7) is 5.38. The Bertz CT molecular complexity index is 1560.